The minimum atomic E-state index is -4.67. The van der Waals surface area contributed by atoms with E-state index in [1.807, 2.05) is 0 Å². The van der Waals surface area contributed by atoms with Crippen LogP contribution >= 0.6 is 0 Å². The predicted molar refractivity (Wildman–Crippen MR) is 107 cm³/mol. The van der Waals surface area contributed by atoms with Gasteiger partial charge in [0.05, 0.1) is 6.04 Å². The number of aromatic nitrogens is 1. The summed E-state index contributed by atoms with van der Waals surface area (Å²) in [5.74, 6) is -2.32. The molecule has 4 heterocycles. The lowest BCUT2D eigenvalue weighted by molar-refractivity contribution is -0.143. The maximum absolute atomic E-state index is 13.7. The lowest BCUT2D eigenvalue weighted by Crippen LogP contribution is -2.51. The van der Waals surface area contributed by atoms with Gasteiger partial charge in [-0.15, -0.1) is 0 Å². The molecule has 0 aliphatic carbocycles. The van der Waals surface area contributed by atoms with Crippen molar-refractivity contribution < 1.29 is 36.3 Å². The van der Waals surface area contributed by atoms with Crippen LogP contribution in [0.25, 0.3) is 0 Å². The zero-order valence-corrected chi connectivity index (χ0v) is 17.8. The van der Waals surface area contributed by atoms with Crippen LogP contribution in [0.2, 0.25) is 0 Å². The third-order valence-corrected chi connectivity index (χ3v) is 6.74. The molecular weight excluding hydrogens is 461 g/mol. The molecular formula is C23H20F5N3O3. The average molecular weight is 481 g/mol. The molecule has 0 radical (unpaired) electrons. The first kappa shape index (κ1) is 22.7. The van der Waals surface area contributed by atoms with Crippen LogP contribution in [0.3, 0.4) is 0 Å². The number of pyridine rings is 1. The van der Waals surface area contributed by atoms with Crippen LogP contribution in [-0.4, -0.2) is 51.5 Å². The van der Waals surface area contributed by atoms with Crippen LogP contribution in [0.5, 0.6) is 0 Å². The summed E-state index contributed by atoms with van der Waals surface area (Å²) in [5, 5.41) is 0. The van der Waals surface area contributed by atoms with Crippen molar-refractivity contribution in [2.24, 2.45) is 0 Å². The number of hydrogen-bond acceptors (Lipinski definition) is 4. The Balaban J connectivity index is 1.30. The van der Waals surface area contributed by atoms with Crippen molar-refractivity contribution in [3.63, 3.8) is 0 Å². The molecule has 3 fully saturated rings. The second kappa shape index (κ2) is 8.00. The van der Waals surface area contributed by atoms with Crippen LogP contribution < -0.4 is 0 Å². The molecule has 1 aromatic carbocycles. The number of amides is 2. The lowest BCUT2D eigenvalue weighted by atomic mass is 9.89. The van der Waals surface area contributed by atoms with E-state index in [1.165, 1.54) is 28.0 Å². The highest BCUT2D eigenvalue weighted by Crippen LogP contribution is 2.47. The maximum atomic E-state index is 13.7. The fraction of sp³-hybridized carbons (Fsp3) is 0.435. The Morgan fingerprint density at radius 1 is 1.06 bits per heavy atom. The number of carbonyl (C=O) groups is 2. The van der Waals surface area contributed by atoms with Gasteiger partial charge in [-0.25, -0.2) is 8.78 Å². The molecule has 0 unspecified atom stereocenters. The van der Waals surface area contributed by atoms with Gasteiger partial charge in [-0.2, -0.15) is 13.2 Å². The summed E-state index contributed by atoms with van der Waals surface area (Å²) in [5.41, 5.74) is -2.09. The molecule has 5 rings (SSSR count). The van der Waals surface area contributed by atoms with E-state index in [-0.39, 0.29) is 37.4 Å². The Morgan fingerprint density at radius 2 is 1.74 bits per heavy atom. The lowest BCUT2D eigenvalue weighted by Gasteiger charge is -2.37. The van der Waals surface area contributed by atoms with Crippen molar-refractivity contribution in [2.75, 3.05) is 13.1 Å². The molecule has 34 heavy (non-hydrogen) atoms. The van der Waals surface area contributed by atoms with Gasteiger partial charge in [0.1, 0.15) is 23.6 Å². The molecule has 0 saturated carbocycles. The van der Waals surface area contributed by atoms with Gasteiger partial charge in [-0.3, -0.25) is 14.6 Å². The number of nitrogens with zero attached hydrogens (tertiary/aromatic N) is 3. The molecule has 1 aromatic heterocycles. The molecule has 0 bridgehead atoms. The van der Waals surface area contributed by atoms with Crippen LogP contribution in [-0.2, 0) is 15.7 Å². The summed E-state index contributed by atoms with van der Waals surface area (Å²) in [4.78, 5) is 32.4. The number of likely N-dealkylation sites (tertiary alicyclic amines) is 1. The van der Waals surface area contributed by atoms with Gasteiger partial charge in [0, 0.05) is 43.8 Å². The Hall–Kier alpha value is -3.08. The van der Waals surface area contributed by atoms with E-state index in [0.29, 0.717) is 24.5 Å². The van der Waals surface area contributed by atoms with E-state index < -0.39 is 47.3 Å². The Bertz CT molecular complexity index is 1130. The van der Waals surface area contributed by atoms with Gasteiger partial charge in [0.25, 0.3) is 11.8 Å². The van der Waals surface area contributed by atoms with Crippen molar-refractivity contribution in [1.82, 2.24) is 14.8 Å². The van der Waals surface area contributed by atoms with E-state index in [1.54, 1.807) is 0 Å². The van der Waals surface area contributed by atoms with Crippen LogP contribution in [0.4, 0.5) is 22.0 Å². The number of carbonyl (C=O) groups excluding carboxylic acids is 2. The SMILES string of the molecule is O=C(c1ccnc(C(F)(F)F)c1)N1CCC2(CC1)O[C@@H]1CC[C@@H](c3cc(F)cc(F)c3)N1C2=O. The van der Waals surface area contributed by atoms with Crippen LogP contribution in [0.15, 0.2) is 36.5 Å². The highest BCUT2D eigenvalue weighted by Gasteiger charge is 2.58. The predicted octanol–water partition coefficient (Wildman–Crippen LogP) is 4.07. The fourth-order valence-electron chi connectivity index (χ4n) is 5.11. The van der Waals surface area contributed by atoms with Gasteiger partial charge in [-0.1, -0.05) is 0 Å². The van der Waals surface area contributed by atoms with Gasteiger partial charge >= 0.3 is 6.18 Å². The second-order valence-electron chi connectivity index (χ2n) is 8.79. The van der Waals surface area contributed by atoms with Gasteiger partial charge in [0.15, 0.2) is 5.60 Å². The minimum absolute atomic E-state index is 0.119. The van der Waals surface area contributed by atoms with Crippen LogP contribution in [0.1, 0.15) is 53.3 Å². The van der Waals surface area contributed by atoms with Crippen LogP contribution in [0, 0.1) is 11.6 Å². The van der Waals surface area contributed by atoms with Gasteiger partial charge in [0.2, 0.25) is 0 Å². The number of alkyl halides is 3. The van der Waals surface area contributed by atoms with E-state index in [2.05, 4.69) is 4.98 Å². The van der Waals surface area contributed by atoms with E-state index >= 15 is 0 Å². The molecule has 0 N–H and O–H groups in total. The summed E-state index contributed by atoms with van der Waals surface area (Å²) in [6, 6.07) is 4.60. The van der Waals surface area contributed by atoms with Crippen molar-refractivity contribution >= 4 is 11.8 Å². The largest absolute Gasteiger partial charge is 0.433 e. The topological polar surface area (TPSA) is 62.7 Å². The molecule has 180 valence electrons. The molecule has 2 amide bonds. The zero-order valence-electron chi connectivity index (χ0n) is 17.8. The summed E-state index contributed by atoms with van der Waals surface area (Å²) in [7, 11) is 0. The van der Waals surface area contributed by atoms with Crippen molar-refractivity contribution in [3.05, 3.63) is 65.0 Å². The summed E-state index contributed by atoms with van der Waals surface area (Å²) in [6.45, 7) is 0.238. The standard InChI is InChI=1S/C23H20F5N3O3/c24-15-9-14(10-16(25)12-15)17-1-2-19-31(17)21(33)22(34-19)4-7-30(8-5-22)20(32)13-3-6-29-18(11-13)23(26,27)28/h3,6,9-12,17,19H,1-2,4-5,7-8H2/t17-,19+/m0/s1. The first-order valence-electron chi connectivity index (χ1n) is 10.9. The number of ether oxygens (including phenoxy) is 1. The van der Waals surface area contributed by atoms with E-state index in [9.17, 15) is 31.5 Å². The smallest absolute Gasteiger partial charge is 0.342 e. The molecule has 2 atom stereocenters. The Morgan fingerprint density at radius 3 is 2.38 bits per heavy atom. The number of halogens is 5. The fourth-order valence-corrected chi connectivity index (χ4v) is 5.11. The normalized spacial score (nSPS) is 24.1. The maximum Gasteiger partial charge on any atom is 0.433 e. The highest BCUT2D eigenvalue weighted by atomic mass is 19.4. The molecule has 1 spiro atoms. The quantitative estimate of drug-likeness (QED) is 0.607. The number of benzene rings is 1. The monoisotopic (exact) mass is 481 g/mol. The molecule has 2 aromatic rings. The summed E-state index contributed by atoms with van der Waals surface area (Å²) >= 11 is 0. The zero-order chi connectivity index (χ0) is 24.3. The second-order valence-corrected chi connectivity index (χ2v) is 8.79. The van der Waals surface area contributed by atoms with Gasteiger partial charge < -0.3 is 14.5 Å². The Labute approximate surface area is 191 Å². The van der Waals surface area contributed by atoms with E-state index in [0.717, 1.165) is 12.3 Å². The molecule has 3 aliphatic rings. The minimum Gasteiger partial charge on any atom is -0.342 e. The molecule has 6 nitrogen and oxygen atoms in total. The van der Waals surface area contributed by atoms with Gasteiger partial charge in [-0.05, 0) is 42.7 Å². The number of fused-ring (bicyclic) bond motifs is 1. The first-order chi connectivity index (χ1) is 16.1. The summed E-state index contributed by atoms with van der Waals surface area (Å²) < 4.78 is 72.4. The highest BCUT2D eigenvalue weighted by molar-refractivity contribution is 5.95. The number of piperidine rings is 1. The average Bonchev–Trinajstić information content (AvgIpc) is 3.31. The molecule has 3 aliphatic heterocycles. The number of hydrogen-bond donors (Lipinski definition) is 0. The number of rotatable bonds is 2. The van der Waals surface area contributed by atoms with Crippen molar-refractivity contribution in [3.8, 4) is 0 Å². The van der Waals surface area contributed by atoms with E-state index in [4.69, 9.17) is 4.74 Å². The third kappa shape index (κ3) is 3.81. The Kier molecular flexibility index (Phi) is 5.34. The summed E-state index contributed by atoms with van der Waals surface area (Å²) in [6.07, 6.45) is -2.90. The molecule has 11 heteroatoms. The third-order valence-electron chi connectivity index (χ3n) is 6.74. The van der Waals surface area contributed by atoms with Crippen molar-refractivity contribution in [1.29, 1.82) is 0 Å². The van der Waals surface area contributed by atoms with Crippen molar-refractivity contribution in [2.45, 2.75) is 49.7 Å². The molecule has 3 saturated heterocycles. The first-order valence-corrected chi connectivity index (χ1v) is 10.9.